The van der Waals surface area contributed by atoms with Crippen molar-refractivity contribution in [1.29, 1.82) is 0 Å². The van der Waals surface area contributed by atoms with Crippen molar-refractivity contribution in [3.8, 4) is 0 Å². The molecule has 0 aliphatic heterocycles. The number of rotatable bonds is 7. The molecule has 1 N–H and O–H groups in total. The lowest BCUT2D eigenvalue weighted by atomic mass is 10.1. The molecular formula is C23H23N3O3S2. The highest BCUT2D eigenvalue weighted by atomic mass is 32.2. The summed E-state index contributed by atoms with van der Waals surface area (Å²) in [5.74, 6) is -0.0240. The molecule has 0 aliphatic rings. The number of allylic oxidation sites excluding steroid dienone is 2. The van der Waals surface area contributed by atoms with Gasteiger partial charge in [0.15, 0.2) is 0 Å². The van der Waals surface area contributed by atoms with E-state index in [1.165, 1.54) is 37.4 Å². The zero-order chi connectivity index (χ0) is 22.6. The molecule has 0 radical (unpaired) electrons. The summed E-state index contributed by atoms with van der Waals surface area (Å²) in [5.41, 5.74) is 1.40. The summed E-state index contributed by atoms with van der Waals surface area (Å²) < 4.78 is 27.8. The predicted molar refractivity (Wildman–Crippen MR) is 128 cm³/mol. The van der Waals surface area contributed by atoms with Crippen molar-refractivity contribution in [2.75, 3.05) is 12.4 Å². The Morgan fingerprint density at radius 2 is 1.87 bits per heavy atom. The molecular weight excluding hydrogens is 430 g/mol. The number of benzene rings is 2. The van der Waals surface area contributed by atoms with Crippen LogP contribution in [-0.2, 0) is 14.8 Å². The first-order valence-corrected chi connectivity index (χ1v) is 11.7. The van der Waals surface area contributed by atoms with Crippen LogP contribution >= 0.6 is 11.3 Å². The third-order valence-corrected chi connectivity index (χ3v) is 7.27. The number of hydrogen-bond donors (Lipinski definition) is 1. The van der Waals surface area contributed by atoms with Crippen LogP contribution in [0.5, 0.6) is 0 Å². The minimum Gasteiger partial charge on any atom is -0.318 e. The lowest BCUT2D eigenvalue weighted by molar-refractivity contribution is -0.114. The van der Waals surface area contributed by atoms with E-state index in [0.717, 1.165) is 25.0 Å². The summed E-state index contributed by atoms with van der Waals surface area (Å²) in [6, 6.07) is 15.9. The third-order valence-electron chi connectivity index (χ3n) is 4.45. The lowest BCUT2D eigenvalue weighted by Gasteiger charge is -2.19. The molecule has 1 aromatic heterocycles. The maximum Gasteiger partial charge on any atom is 0.265 e. The van der Waals surface area contributed by atoms with Gasteiger partial charge >= 0.3 is 0 Å². The Morgan fingerprint density at radius 3 is 2.52 bits per heavy atom. The molecule has 0 bridgehead atoms. The molecule has 0 saturated heterocycles. The first-order valence-electron chi connectivity index (χ1n) is 9.48. The van der Waals surface area contributed by atoms with Crippen molar-refractivity contribution >= 4 is 48.1 Å². The number of fused-ring (bicyclic) bond motifs is 1. The maximum atomic E-state index is 12.9. The molecule has 2 aromatic carbocycles. The van der Waals surface area contributed by atoms with Gasteiger partial charge in [0, 0.05) is 24.2 Å². The topological polar surface area (TPSA) is 78.8 Å². The standard InChI is InChI=1S/C23H23N3O3S2/c1-5-9-21(18-12-13-19-15-23(25-17(3)27)30-22(19)14-18)24-16(2)26(4)31(28,29)20-10-7-6-8-11-20/h5-15H,2H2,1,3-4H3,(H,25,27)/b9-5-,24-21+. The quantitative estimate of drug-likeness (QED) is 0.510. The molecule has 6 nitrogen and oxygen atoms in total. The minimum atomic E-state index is -3.76. The number of nitrogens with one attached hydrogen (secondary N) is 1. The predicted octanol–water partition coefficient (Wildman–Crippen LogP) is 5.02. The number of nitrogens with zero attached hydrogens (tertiary/aromatic N) is 2. The van der Waals surface area contributed by atoms with Gasteiger partial charge in [-0.25, -0.2) is 13.4 Å². The van der Waals surface area contributed by atoms with E-state index in [1.807, 2.05) is 37.3 Å². The Kier molecular flexibility index (Phi) is 6.72. The minimum absolute atomic E-state index is 0.0992. The molecule has 0 unspecified atom stereocenters. The summed E-state index contributed by atoms with van der Waals surface area (Å²) in [5, 5.41) is 4.56. The van der Waals surface area contributed by atoms with Gasteiger partial charge in [-0.15, -0.1) is 11.3 Å². The highest BCUT2D eigenvalue weighted by molar-refractivity contribution is 7.89. The van der Waals surface area contributed by atoms with Gasteiger partial charge in [-0.1, -0.05) is 43.0 Å². The van der Waals surface area contributed by atoms with Gasteiger partial charge in [-0.2, -0.15) is 0 Å². The number of amides is 1. The molecule has 160 valence electrons. The van der Waals surface area contributed by atoms with Gasteiger partial charge in [0.05, 0.1) is 15.6 Å². The zero-order valence-corrected chi connectivity index (χ0v) is 19.1. The Bertz CT molecular complexity index is 1290. The molecule has 31 heavy (non-hydrogen) atoms. The Balaban J connectivity index is 1.95. The Morgan fingerprint density at radius 1 is 1.16 bits per heavy atom. The van der Waals surface area contributed by atoms with Crippen molar-refractivity contribution in [2.45, 2.75) is 18.7 Å². The fourth-order valence-corrected chi connectivity index (χ4v) is 5.06. The number of aliphatic imine (C=N–C) groups is 1. The molecule has 0 aliphatic carbocycles. The molecule has 0 fully saturated rings. The molecule has 8 heteroatoms. The van der Waals surface area contributed by atoms with Crippen LogP contribution in [0.1, 0.15) is 19.4 Å². The van der Waals surface area contributed by atoms with E-state index < -0.39 is 10.0 Å². The van der Waals surface area contributed by atoms with Crippen LogP contribution in [0.2, 0.25) is 0 Å². The van der Waals surface area contributed by atoms with E-state index in [0.29, 0.717) is 5.71 Å². The van der Waals surface area contributed by atoms with Crippen molar-refractivity contribution in [3.63, 3.8) is 0 Å². The smallest absolute Gasteiger partial charge is 0.265 e. The van der Waals surface area contributed by atoms with Gasteiger partial charge in [0.2, 0.25) is 5.91 Å². The number of carbonyl (C=O) groups is 1. The van der Waals surface area contributed by atoms with Gasteiger partial charge in [-0.3, -0.25) is 9.10 Å². The second kappa shape index (κ2) is 9.28. The van der Waals surface area contributed by atoms with Gasteiger partial charge in [-0.05, 0) is 42.7 Å². The molecule has 3 aromatic rings. The van der Waals surface area contributed by atoms with E-state index in [9.17, 15) is 13.2 Å². The second-order valence-corrected chi connectivity index (χ2v) is 9.80. The SMILES string of the molecule is C=C(/N=C(\C=C/C)c1ccc2cc(NC(C)=O)sc2c1)N(C)S(=O)(=O)c1ccccc1. The van der Waals surface area contributed by atoms with Crippen LogP contribution in [0, 0.1) is 0 Å². The lowest BCUT2D eigenvalue weighted by Crippen LogP contribution is -2.25. The van der Waals surface area contributed by atoms with Crippen molar-refractivity contribution < 1.29 is 13.2 Å². The fraction of sp³-hybridized carbons (Fsp3) is 0.130. The summed E-state index contributed by atoms with van der Waals surface area (Å²) in [6.45, 7) is 7.21. The highest BCUT2D eigenvalue weighted by Gasteiger charge is 2.22. The number of anilines is 1. The molecule has 0 saturated carbocycles. The number of sulfonamides is 1. The summed E-state index contributed by atoms with van der Waals surface area (Å²) in [7, 11) is -2.33. The first-order chi connectivity index (χ1) is 14.7. The van der Waals surface area contributed by atoms with Crippen LogP contribution in [0.3, 0.4) is 0 Å². The van der Waals surface area contributed by atoms with Gasteiger partial charge in [0.25, 0.3) is 10.0 Å². The Hall–Kier alpha value is -3.23. The van der Waals surface area contributed by atoms with Crippen LogP contribution in [0.4, 0.5) is 5.00 Å². The molecule has 1 heterocycles. The molecule has 0 atom stereocenters. The fourth-order valence-electron chi connectivity index (χ4n) is 2.88. The van der Waals surface area contributed by atoms with E-state index in [1.54, 1.807) is 24.3 Å². The summed E-state index contributed by atoms with van der Waals surface area (Å²) >= 11 is 1.46. The number of hydrogen-bond acceptors (Lipinski definition) is 5. The highest BCUT2D eigenvalue weighted by Crippen LogP contribution is 2.31. The van der Waals surface area contributed by atoms with E-state index in [4.69, 9.17) is 0 Å². The van der Waals surface area contributed by atoms with Crippen LogP contribution in [0.25, 0.3) is 10.1 Å². The summed E-state index contributed by atoms with van der Waals surface area (Å²) in [6.07, 6.45) is 3.64. The molecule has 3 rings (SSSR count). The third kappa shape index (κ3) is 5.10. The van der Waals surface area contributed by atoms with Crippen molar-refractivity contribution in [1.82, 2.24) is 4.31 Å². The normalized spacial score (nSPS) is 12.3. The van der Waals surface area contributed by atoms with Crippen LogP contribution in [0.15, 0.2) is 89.0 Å². The average Bonchev–Trinajstić information content (AvgIpc) is 3.14. The van der Waals surface area contributed by atoms with Crippen LogP contribution < -0.4 is 5.32 Å². The van der Waals surface area contributed by atoms with Crippen molar-refractivity contribution in [2.24, 2.45) is 4.99 Å². The van der Waals surface area contributed by atoms with Gasteiger partial charge < -0.3 is 5.32 Å². The first kappa shape index (κ1) is 22.5. The average molecular weight is 454 g/mol. The number of thiophene rings is 1. The Labute approximate surface area is 186 Å². The van der Waals surface area contributed by atoms with E-state index in [2.05, 4.69) is 16.9 Å². The molecule has 0 spiro atoms. The monoisotopic (exact) mass is 453 g/mol. The second-order valence-electron chi connectivity index (χ2n) is 6.74. The molecule has 1 amide bonds. The van der Waals surface area contributed by atoms with Crippen LogP contribution in [-0.4, -0.2) is 31.4 Å². The largest absolute Gasteiger partial charge is 0.318 e. The van der Waals surface area contributed by atoms with Gasteiger partial charge in [0.1, 0.15) is 5.82 Å². The van der Waals surface area contributed by atoms with Crippen molar-refractivity contribution in [3.05, 3.63) is 84.7 Å². The van der Waals surface area contributed by atoms with E-state index in [-0.39, 0.29) is 16.6 Å². The maximum absolute atomic E-state index is 12.9. The number of carbonyl (C=O) groups excluding carboxylic acids is 1. The summed E-state index contributed by atoms with van der Waals surface area (Å²) in [4.78, 5) is 16.0. The van der Waals surface area contributed by atoms with E-state index >= 15 is 0 Å². The zero-order valence-electron chi connectivity index (χ0n) is 17.5.